The van der Waals surface area contributed by atoms with Crippen LogP contribution in [0.4, 0.5) is 5.69 Å². The van der Waals surface area contributed by atoms with Crippen LogP contribution in [0.15, 0.2) is 41.6 Å². The molecule has 0 spiro atoms. The highest BCUT2D eigenvalue weighted by Gasteiger charge is 2.21. The summed E-state index contributed by atoms with van der Waals surface area (Å²) in [6.45, 7) is 0. The molecule has 3 rings (SSSR count). The number of sulfonamides is 1. The van der Waals surface area contributed by atoms with Gasteiger partial charge in [-0.2, -0.15) is 5.10 Å². The maximum atomic E-state index is 12.7. The van der Waals surface area contributed by atoms with E-state index in [1.54, 1.807) is 30.1 Å². The van der Waals surface area contributed by atoms with Gasteiger partial charge >= 0.3 is 0 Å². The lowest BCUT2D eigenvalue weighted by Gasteiger charge is -2.14. The number of carbonyl (C=O) groups is 1. The molecule has 0 aliphatic rings. The van der Waals surface area contributed by atoms with Crippen molar-refractivity contribution in [2.45, 2.75) is 4.90 Å². The fourth-order valence-corrected chi connectivity index (χ4v) is 3.48. The van der Waals surface area contributed by atoms with E-state index in [0.29, 0.717) is 11.3 Å². The summed E-state index contributed by atoms with van der Waals surface area (Å²) in [5.74, 6) is 4.75. The number of hydrazine groups is 1. The molecule has 1 aromatic carbocycles. The minimum Gasteiger partial charge on any atom is -0.494 e. The zero-order chi connectivity index (χ0) is 18.9. The van der Waals surface area contributed by atoms with Crippen LogP contribution >= 0.6 is 0 Å². The van der Waals surface area contributed by atoms with E-state index in [4.69, 9.17) is 10.6 Å². The largest absolute Gasteiger partial charge is 0.494 e. The van der Waals surface area contributed by atoms with E-state index in [-0.39, 0.29) is 16.3 Å². The molecular formula is C15H16N6O4S. The first-order chi connectivity index (χ1) is 12.4. The molecule has 10 nitrogen and oxygen atoms in total. The minimum absolute atomic E-state index is 0.00207. The third-order valence-electron chi connectivity index (χ3n) is 3.73. The van der Waals surface area contributed by atoms with E-state index in [2.05, 4.69) is 14.8 Å². The van der Waals surface area contributed by atoms with Crippen LogP contribution in [0.25, 0.3) is 10.9 Å². The first kappa shape index (κ1) is 17.6. The molecule has 0 aliphatic heterocycles. The number of hydrogen-bond acceptors (Lipinski definition) is 7. The van der Waals surface area contributed by atoms with E-state index >= 15 is 0 Å². The molecule has 2 aromatic heterocycles. The lowest BCUT2D eigenvalue weighted by atomic mass is 10.2. The van der Waals surface area contributed by atoms with Crippen molar-refractivity contribution in [2.24, 2.45) is 12.9 Å². The van der Waals surface area contributed by atoms with E-state index in [0.717, 1.165) is 11.6 Å². The zero-order valence-corrected chi connectivity index (χ0v) is 14.7. The maximum Gasteiger partial charge on any atom is 0.283 e. The number of nitrogens with two attached hydrogens (primary N) is 1. The number of nitrogens with one attached hydrogen (secondary N) is 2. The number of benzene rings is 1. The van der Waals surface area contributed by atoms with E-state index in [1.165, 1.54) is 19.2 Å². The van der Waals surface area contributed by atoms with Crippen LogP contribution in [0.5, 0.6) is 5.75 Å². The molecule has 0 atom stereocenters. The van der Waals surface area contributed by atoms with Crippen molar-refractivity contribution in [3.63, 3.8) is 0 Å². The van der Waals surface area contributed by atoms with Crippen molar-refractivity contribution >= 4 is 32.5 Å². The number of aryl methyl sites for hydroxylation is 1. The molecule has 11 heteroatoms. The van der Waals surface area contributed by atoms with Gasteiger partial charge in [0.2, 0.25) is 0 Å². The van der Waals surface area contributed by atoms with Crippen molar-refractivity contribution in [2.75, 3.05) is 11.8 Å². The normalized spacial score (nSPS) is 11.3. The Labute approximate surface area is 149 Å². The Hall–Kier alpha value is -3.18. The highest BCUT2D eigenvalue weighted by molar-refractivity contribution is 7.92. The van der Waals surface area contributed by atoms with Crippen LogP contribution in [0, 0.1) is 0 Å². The van der Waals surface area contributed by atoms with Gasteiger partial charge in [-0.15, -0.1) is 0 Å². The summed E-state index contributed by atoms with van der Waals surface area (Å²) in [5, 5.41) is 4.88. The maximum absolute atomic E-state index is 12.7. The number of amides is 1. The molecule has 0 unspecified atom stereocenters. The Bertz CT molecular complexity index is 1080. The number of pyridine rings is 1. The van der Waals surface area contributed by atoms with Crippen LogP contribution in [-0.4, -0.2) is 36.2 Å². The van der Waals surface area contributed by atoms with Crippen LogP contribution in [0.2, 0.25) is 0 Å². The molecule has 0 fully saturated rings. The summed E-state index contributed by atoms with van der Waals surface area (Å²) in [5.41, 5.74) is 2.75. The molecule has 0 bridgehead atoms. The van der Waals surface area contributed by atoms with E-state index in [9.17, 15) is 13.2 Å². The van der Waals surface area contributed by atoms with Gasteiger partial charge in [0.15, 0.2) is 0 Å². The first-order valence-corrected chi connectivity index (χ1v) is 8.84. The quantitative estimate of drug-likeness (QED) is 0.332. The molecular weight excluding hydrogens is 360 g/mol. The van der Waals surface area contributed by atoms with Crippen molar-refractivity contribution in [3.8, 4) is 5.75 Å². The second-order valence-electron chi connectivity index (χ2n) is 5.31. The molecule has 3 aromatic rings. The van der Waals surface area contributed by atoms with Crippen molar-refractivity contribution in [1.29, 1.82) is 0 Å². The number of carbonyl (C=O) groups excluding carboxylic acids is 1. The number of hydrogen-bond donors (Lipinski definition) is 3. The number of ether oxygens (including phenoxy) is 1. The van der Waals surface area contributed by atoms with Gasteiger partial charge in [0.25, 0.3) is 15.9 Å². The zero-order valence-electron chi connectivity index (χ0n) is 13.9. The van der Waals surface area contributed by atoms with Crippen molar-refractivity contribution < 1.29 is 17.9 Å². The standard InChI is InChI=1S/C15H16N6O4S/c1-21-14-9(7-18-21)3-6-12(25-2)13(14)20-26(23,24)10-4-5-11(17-8-10)15(22)19-16/h3-8,20H,16H2,1-2H3,(H,19,22). The van der Waals surface area contributed by atoms with Gasteiger partial charge in [0.05, 0.1) is 18.8 Å². The van der Waals surface area contributed by atoms with Gasteiger partial charge in [-0.3, -0.25) is 19.6 Å². The summed E-state index contributed by atoms with van der Waals surface area (Å²) in [4.78, 5) is 15.1. The first-order valence-electron chi connectivity index (χ1n) is 7.36. The number of anilines is 1. The molecule has 1 amide bonds. The highest BCUT2D eigenvalue weighted by atomic mass is 32.2. The smallest absolute Gasteiger partial charge is 0.283 e. The number of aromatic nitrogens is 3. The Kier molecular flexibility index (Phi) is 4.49. The SMILES string of the molecule is COc1ccc2cnn(C)c2c1NS(=O)(=O)c1ccc(C(=O)NN)nc1. The lowest BCUT2D eigenvalue weighted by molar-refractivity contribution is 0.0948. The molecule has 136 valence electrons. The van der Waals surface area contributed by atoms with Gasteiger partial charge in [0, 0.05) is 18.6 Å². The summed E-state index contributed by atoms with van der Waals surface area (Å²) in [7, 11) is -0.840. The van der Waals surface area contributed by atoms with Gasteiger partial charge in [-0.25, -0.2) is 19.2 Å². The minimum atomic E-state index is -3.98. The third kappa shape index (κ3) is 3.05. The Morgan fingerprint density at radius 2 is 2.00 bits per heavy atom. The average molecular weight is 376 g/mol. The predicted molar refractivity (Wildman–Crippen MR) is 94.0 cm³/mol. The molecule has 0 radical (unpaired) electrons. The van der Waals surface area contributed by atoms with Crippen LogP contribution < -0.4 is 20.7 Å². The Morgan fingerprint density at radius 3 is 2.62 bits per heavy atom. The number of methoxy groups -OCH3 is 1. The van der Waals surface area contributed by atoms with Gasteiger partial charge in [-0.1, -0.05) is 0 Å². The van der Waals surface area contributed by atoms with Crippen LogP contribution in [0.1, 0.15) is 10.5 Å². The summed E-state index contributed by atoms with van der Waals surface area (Å²) in [6, 6.07) is 5.95. The van der Waals surface area contributed by atoms with Crippen LogP contribution in [0.3, 0.4) is 0 Å². The molecule has 0 saturated heterocycles. The molecule has 26 heavy (non-hydrogen) atoms. The molecule has 2 heterocycles. The fourth-order valence-electron chi connectivity index (χ4n) is 2.46. The summed E-state index contributed by atoms with van der Waals surface area (Å²) < 4.78 is 34.8. The summed E-state index contributed by atoms with van der Waals surface area (Å²) >= 11 is 0. The van der Waals surface area contributed by atoms with E-state index < -0.39 is 15.9 Å². The predicted octanol–water partition coefficient (Wildman–Crippen LogP) is 0.381. The summed E-state index contributed by atoms with van der Waals surface area (Å²) in [6.07, 6.45) is 2.69. The van der Waals surface area contributed by atoms with Gasteiger partial charge in [0.1, 0.15) is 22.0 Å². The lowest BCUT2D eigenvalue weighted by Crippen LogP contribution is -2.30. The Balaban J connectivity index is 2.04. The molecule has 0 aliphatic carbocycles. The number of fused-ring (bicyclic) bond motifs is 1. The molecule has 0 saturated carbocycles. The number of nitrogen functional groups attached to an aromatic ring is 1. The third-order valence-corrected chi connectivity index (χ3v) is 5.07. The monoisotopic (exact) mass is 376 g/mol. The van der Waals surface area contributed by atoms with Gasteiger partial charge < -0.3 is 4.74 Å². The highest BCUT2D eigenvalue weighted by Crippen LogP contribution is 2.34. The van der Waals surface area contributed by atoms with E-state index in [1.807, 2.05) is 5.43 Å². The fraction of sp³-hybridized carbons (Fsp3) is 0.133. The van der Waals surface area contributed by atoms with Crippen molar-refractivity contribution in [3.05, 3.63) is 42.4 Å². The van der Waals surface area contributed by atoms with Crippen LogP contribution in [-0.2, 0) is 17.1 Å². The second kappa shape index (κ2) is 6.61. The van der Waals surface area contributed by atoms with Crippen molar-refractivity contribution in [1.82, 2.24) is 20.2 Å². The average Bonchev–Trinajstić information content (AvgIpc) is 3.02. The topological polar surface area (TPSA) is 141 Å². The Morgan fingerprint density at radius 1 is 1.23 bits per heavy atom. The van der Waals surface area contributed by atoms with Gasteiger partial charge in [-0.05, 0) is 24.3 Å². The number of nitrogens with zero attached hydrogens (tertiary/aromatic N) is 3. The molecule has 4 N–H and O–H groups in total. The number of rotatable bonds is 5. The second-order valence-corrected chi connectivity index (χ2v) is 6.99.